The third-order valence-electron chi connectivity index (χ3n) is 4.00. The molecule has 0 radical (unpaired) electrons. The average molecular weight is 423 g/mol. The van der Waals surface area contributed by atoms with E-state index in [-0.39, 0.29) is 29.3 Å². The van der Waals surface area contributed by atoms with Gasteiger partial charge in [-0.3, -0.25) is 9.59 Å². The van der Waals surface area contributed by atoms with Gasteiger partial charge in [-0.1, -0.05) is 19.8 Å². The smallest absolute Gasteiger partial charge is 0.309 e. The van der Waals surface area contributed by atoms with Gasteiger partial charge >= 0.3 is 6.01 Å². The lowest BCUT2D eigenvalue weighted by Crippen LogP contribution is -2.37. The molecule has 2 rings (SSSR count). The summed E-state index contributed by atoms with van der Waals surface area (Å²) in [4.78, 5) is 30.2. The number of nitriles is 1. The standard InChI is InChI=1S/C17H21N5O6S/c1-3-4-5-11(6-12-10(7-18)8-19-16(25)14(12)23)20-15(24)13-9-28-17(21-13)22-29(2,26)27/h8-9,11,23H,3-6H2,1-2H3,(H,19,25)(H,20,24)(H,21,22). The van der Waals surface area contributed by atoms with Gasteiger partial charge in [-0.25, -0.2) is 13.1 Å². The van der Waals surface area contributed by atoms with Crippen LogP contribution < -0.4 is 15.6 Å². The number of nitrogens with zero attached hydrogens (tertiary/aromatic N) is 2. The molecule has 0 saturated carbocycles. The molecule has 0 aromatic carbocycles. The molecule has 0 aliphatic rings. The topological polar surface area (TPSA) is 178 Å². The predicted molar refractivity (Wildman–Crippen MR) is 103 cm³/mol. The first-order valence-electron chi connectivity index (χ1n) is 8.72. The molecule has 12 heteroatoms. The van der Waals surface area contributed by atoms with Crippen molar-refractivity contribution >= 4 is 21.9 Å². The van der Waals surface area contributed by atoms with Crippen LogP contribution in [0.4, 0.5) is 6.01 Å². The summed E-state index contributed by atoms with van der Waals surface area (Å²) in [6, 6.07) is 1.05. The summed E-state index contributed by atoms with van der Waals surface area (Å²) in [7, 11) is -3.61. The van der Waals surface area contributed by atoms with Crippen molar-refractivity contribution in [2.24, 2.45) is 0 Å². The molecule has 0 saturated heterocycles. The van der Waals surface area contributed by atoms with Gasteiger partial charge in [0.25, 0.3) is 11.5 Å². The van der Waals surface area contributed by atoms with Crippen LogP contribution in [0.1, 0.15) is 47.8 Å². The summed E-state index contributed by atoms with van der Waals surface area (Å²) in [5, 5.41) is 22.0. The summed E-state index contributed by atoms with van der Waals surface area (Å²) >= 11 is 0. The molecular formula is C17H21N5O6S. The van der Waals surface area contributed by atoms with E-state index in [2.05, 4.69) is 15.3 Å². The molecule has 156 valence electrons. The number of sulfonamides is 1. The fraction of sp³-hybridized carbons (Fsp3) is 0.412. The molecule has 0 fully saturated rings. The van der Waals surface area contributed by atoms with Crippen molar-refractivity contribution in [1.29, 1.82) is 5.26 Å². The van der Waals surface area contributed by atoms with Crippen LogP contribution in [-0.2, 0) is 16.4 Å². The van der Waals surface area contributed by atoms with E-state index in [0.717, 1.165) is 25.4 Å². The Bertz CT molecular complexity index is 1080. The number of aromatic hydroxyl groups is 1. The van der Waals surface area contributed by atoms with Crippen molar-refractivity contribution in [1.82, 2.24) is 15.3 Å². The lowest BCUT2D eigenvalue weighted by atomic mass is 9.98. The van der Waals surface area contributed by atoms with E-state index in [4.69, 9.17) is 4.42 Å². The number of hydrogen-bond donors (Lipinski definition) is 4. The van der Waals surface area contributed by atoms with Crippen molar-refractivity contribution in [2.75, 3.05) is 11.0 Å². The number of H-pyrrole nitrogens is 1. The highest BCUT2D eigenvalue weighted by molar-refractivity contribution is 7.91. The maximum absolute atomic E-state index is 12.5. The third kappa shape index (κ3) is 6.08. The molecule has 2 aromatic rings. The molecule has 1 atom stereocenters. The molecular weight excluding hydrogens is 402 g/mol. The lowest BCUT2D eigenvalue weighted by Gasteiger charge is -2.19. The first-order valence-corrected chi connectivity index (χ1v) is 10.6. The summed E-state index contributed by atoms with van der Waals surface area (Å²) in [6.07, 6.45) is 5.28. The van der Waals surface area contributed by atoms with E-state index in [9.17, 15) is 28.4 Å². The number of nitrogens with one attached hydrogen (secondary N) is 3. The van der Waals surface area contributed by atoms with E-state index in [1.54, 1.807) is 0 Å². The fourth-order valence-corrected chi connectivity index (χ4v) is 3.04. The zero-order valence-electron chi connectivity index (χ0n) is 15.9. The molecule has 29 heavy (non-hydrogen) atoms. The number of rotatable bonds is 9. The van der Waals surface area contributed by atoms with Crippen molar-refractivity contribution in [3.63, 3.8) is 0 Å². The minimum Gasteiger partial charge on any atom is -0.503 e. The maximum atomic E-state index is 12.5. The number of carbonyl (C=O) groups is 1. The van der Waals surface area contributed by atoms with Gasteiger partial charge < -0.3 is 19.8 Å². The number of anilines is 1. The second-order valence-electron chi connectivity index (χ2n) is 6.40. The van der Waals surface area contributed by atoms with Gasteiger partial charge in [-0.05, 0) is 12.8 Å². The quantitative estimate of drug-likeness (QED) is 0.458. The van der Waals surface area contributed by atoms with Crippen molar-refractivity contribution in [3.8, 4) is 11.8 Å². The number of aromatic amines is 1. The lowest BCUT2D eigenvalue weighted by molar-refractivity contribution is 0.0929. The Morgan fingerprint density at radius 3 is 2.83 bits per heavy atom. The largest absolute Gasteiger partial charge is 0.503 e. The monoisotopic (exact) mass is 423 g/mol. The highest BCUT2D eigenvalue weighted by Gasteiger charge is 2.22. The first kappa shape index (κ1) is 22.0. The Morgan fingerprint density at radius 2 is 2.21 bits per heavy atom. The van der Waals surface area contributed by atoms with Gasteiger partial charge in [0.05, 0.1) is 11.8 Å². The summed E-state index contributed by atoms with van der Waals surface area (Å²) in [5.74, 6) is -1.19. The van der Waals surface area contributed by atoms with Crippen LogP contribution in [0.2, 0.25) is 0 Å². The minimum absolute atomic E-state index is 0.0523. The van der Waals surface area contributed by atoms with Gasteiger partial charge in [0.15, 0.2) is 11.4 Å². The molecule has 4 N–H and O–H groups in total. The van der Waals surface area contributed by atoms with E-state index >= 15 is 0 Å². The van der Waals surface area contributed by atoms with Crippen LogP contribution in [-0.4, -0.2) is 41.7 Å². The number of unbranched alkanes of at least 4 members (excludes halogenated alkanes) is 1. The molecule has 2 heterocycles. The Hall–Kier alpha value is -3.33. The first-order chi connectivity index (χ1) is 13.6. The third-order valence-corrected chi connectivity index (χ3v) is 4.54. The SMILES string of the molecule is CCCCC(Cc1c(C#N)c[nH]c(=O)c1O)NC(=O)c1coc(NS(C)(=O)=O)n1. The van der Waals surface area contributed by atoms with Crippen molar-refractivity contribution < 1.29 is 22.7 Å². The molecule has 2 aromatic heterocycles. The number of carbonyl (C=O) groups excluding carboxylic acids is 1. The summed E-state index contributed by atoms with van der Waals surface area (Å²) in [5.41, 5.74) is -0.642. The molecule has 0 spiro atoms. The Morgan fingerprint density at radius 1 is 1.48 bits per heavy atom. The van der Waals surface area contributed by atoms with Crippen LogP contribution in [0, 0.1) is 11.3 Å². The predicted octanol–water partition coefficient (Wildman–Crippen LogP) is 0.843. The fourth-order valence-electron chi connectivity index (χ4n) is 2.63. The van der Waals surface area contributed by atoms with Crippen molar-refractivity contribution in [3.05, 3.63) is 39.6 Å². The molecule has 0 bridgehead atoms. The normalized spacial score (nSPS) is 12.2. The van der Waals surface area contributed by atoms with Crippen LogP contribution in [0.15, 0.2) is 21.7 Å². The number of oxazole rings is 1. The molecule has 11 nitrogen and oxygen atoms in total. The van der Waals surface area contributed by atoms with Gasteiger partial charge in [0, 0.05) is 17.8 Å². The van der Waals surface area contributed by atoms with Crippen LogP contribution in [0.5, 0.6) is 5.75 Å². The Balaban J connectivity index is 2.22. The van der Waals surface area contributed by atoms with Crippen molar-refractivity contribution in [2.45, 2.75) is 38.6 Å². The molecule has 1 amide bonds. The second kappa shape index (κ2) is 9.24. The zero-order chi connectivity index (χ0) is 21.6. The van der Waals surface area contributed by atoms with E-state index in [1.807, 2.05) is 17.7 Å². The average Bonchev–Trinajstić information content (AvgIpc) is 3.10. The Kier molecular flexibility index (Phi) is 7.00. The Labute approximate surface area is 166 Å². The second-order valence-corrected chi connectivity index (χ2v) is 8.15. The molecule has 1 unspecified atom stereocenters. The number of aromatic nitrogens is 2. The number of hydrogen-bond acceptors (Lipinski definition) is 8. The molecule has 0 aliphatic heterocycles. The van der Waals surface area contributed by atoms with Gasteiger partial charge in [0.2, 0.25) is 10.0 Å². The van der Waals surface area contributed by atoms with E-state index in [1.165, 1.54) is 6.20 Å². The van der Waals surface area contributed by atoms with Crippen LogP contribution in [0.3, 0.4) is 0 Å². The maximum Gasteiger partial charge on any atom is 0.309 e. The van der Waals surface area contributed by atoms with E-state index in [0.29, 0.717) is 6.42 Å². The zero-order valence-corrected chi connectivity index (χ0v) is 16.7. The van der Waals surface area contributed by atoms with Gasteiger partial charge in [-0.15, -0.1) is 0 Å². The van der Waals surface area contributed by atoms with Crippen LogP contribution in [0.25, 0.3) is 0 Å². The van der Waals surface area contributed by atoms with Gasteiger partial charge in [-0.2, -0.15) is 10.2 Å². The number of pyridine rings is 1. The summed E-state index contributed by atoms with van der Waals surface area (Å²) < 4.78 is 29.4. The van der Waals surface area contributed by atoms with Crippen LogP contribution >= 0.6 is 0 Å². The van der Waals surface area contributed by atoms with E-state index < -0.39 is 33.3 Å². The highest BCUT2D eigenvalue weighted by atomic mass is 32.2. The molecule has 0 aliphatic carbocycles. The highest BCUT2D eigenvalue weighted by Crippen LogP contribution is 2.20. The minimum atomic E-state index is -3.61. The van der Waals surface area contributed by atoms with Gasteiger partial charge in [0.1, 0.15) is 12.3 Å². The summed E-state index contributed by atoms with van der Waals surface area (Å²) in [6.45, 7) is 1.96. The number of amides is 1.